The van der Waals surface area contributed by atoms with E-state index in [4.69, 9.17) is 0 Å². The molecular formula is C24H37F3OSi. The molecule has 0 N–H and O–H groups in total. The number of rotatable bonds is 8. The minimum absolute atomic E-state index is 0.115. The molecule has 1 nitrogen and oxygen atoms in total. The van der Waals surface area contributed by atoms with Crippen molar-refractivity contribution in [1.82, 2.24) is 0 Å². The zero-order valence-electron chi connectivity index (χ0n) is 17.9. The lowest BCUT2D eigenvalue weighted by Crippen LogP contribution is -2.41. The highest BCUT2D eigenvalue weighted by molar-refractivity contribution is 6.80. The molecule has 5 heteroatoms. The van der Waals surface area contributed by atoms with Crippen LogP contribution >= 0.6 is 0 Å². The van der Waals surface area contributed by atoms with Crippen LogP contribution in [-0.4, -0.2) is 14.4 Å². The third kappa shape index (κ3) is 7.04. The number of hydrogen-bond acceptors (Lipinski definition) is 1. The van der Waals surface area contributed by atoms with E-state index in [-0.39, 0.29) is 5.75 Å². The smallest absolute Gasteiger partial charge is 0.406 e. The normalized spacial score (nSPS) is 27.9. The Labute approximate surface area is 175 Å². The highest BCUT2D eigenvalue weighted by atomic mass is 28.3. The summed E-state index contributed by atoms with van der Waals surface area (Å²) in [7, 11) is -1.06. The molecule has 1 aromatic rings. The summed E-state index contributed by atoms with van der Waals surface area (Å²) in [5, 5.41) is 0. The molecule has 0 aromatic heterocycles. The Kier molecular flexibility index (Phi) is 8.12. The molecule has 0 radical (unpaired) electrons. The molecule has 2 aliphatic heterocycles. The highest BCUT2D eigenvalue weighted by Crippen LogP contribution is 2.47. The highest BCUT2D eigenvalue weighted by Gasteiger charge is 2.40. The van der Waals surface area contributed by atoms with Crippen LogP contribution in [0.15, 0.2) is 24.3 Å². The van der Waals surface area contributed by atoms with Crippen molar-refractivity contribution in [2.75, 3.05) is 0 Å². The maximum Gasteiger partial charge on any atom is 0.573 e. The van der Waals surface area contributed by atoms with Gasteiger partial charge in [0.05, 0.1) is 8.07 Å². The van der Waals surface area contributed by atoms with Crippen LogP contribution < -0.4 is 4.74 Å². The van der Waals surface area contributed by atoms with Gasteiger partial charge in [0, 0.05) is 0 Å². The van der Waals surface area contributed by atoms with Crippen LogP contribution in [0.25, 0.3) is 0 Å². The predicted octanol–water partition coefficient (Wildman–Crippen LogP) is 8.68. The van der Waals surface area contributed by atoms with Gasteiger partial charge >= 0.3 is 6.36 Å². The van der Waals surface area contributed by atoms with E-state index in [0.29, 0.717) is 5.92 Å². The van der Waals surface area contributed by atoms with Crippen molar-refractivity contribution < 1.29 is 17.9 Å². The van der Waals surface area contributed by atoms with Crippen LogP contribution in [0.1, 0.15) is 82.6 Å². The molecule has 2 saturated heterocycles. The predicted molar refractivity (Wildman–Crippen MR) is 116 cm³/mol. The summed E-state index contributed by atoms with van der Waals surface area (Å²) in [6, 6.07) is 12.5. The van der Waals surface area contributed by atoms with Gasteiger partial charge in [-0.3, -0.25) is 0 Å². The van der Waals surface area contributed by atoms with E-state index in [0.717, 1.165) is 5.92 Å². The van der Waals surface area contributed by atoms with Crippen LogP contribution in [0.2, 0.25) is 24.2 Å². The van der Waals surface area contributed by atoms with Crippen LogP contribution in [0.5, 0.6) is 5.75 Å². The minimum atomic E-state index is -4.61. The van der Waals surface area contributed by atoms with Crippen LogP contribution in [0, 0.1) is 5.92 Å². The Morgan fingerprint density at radius 2 is 1.45 bits per heavy atom. The molecule has 1 aromatic carbocycles. The van der Waals surface area contributed by atoms with Crippen molar-refractivity contribution in [3.05, 3.63) is 29.8 Å². The van der Waals surface area contributed by atoms with E-state index in [2.05, 4.69) is 11.7 Å². The molecule has 0 amide bonds. The maximum absolute atomic E-state index is 12.3. The second-order valence-corrected chi connectivity index (χ2v) is 14.5. The lowest BCUT2D eigenvalue weighted by molar-refractivity contribution is -0.274. The van der Waals surface area contributed by atoms with E-state index >= 15 is 0 Å². The molecule has 0 saturated carbocycles. The Morgan fingerprint density at radius 1 is 0.862 bits per heavy atom. The Hall–Kier alpha value is -0.973. The molecule has 1 spiro atoms. The Morgan fingerprint density at radius 3 is 2.03 bits per heavy atom. The molecule has 29 heavy (non-hydrogen) atoms. The van der Waals surface area contributed by atoms with Crippen LogP contribution in [0.4, 0.5) is 13.2 Å². The fourth-order valence-electron chi connectivity index (χ4n) is 5.62. The Balaban J connectivity index is 1.40. The van der Waals surface area contributed by atoms with Crippen molar-refractivity contribution in [1.29, 1.82) is 0 Å². The summed E-state index contributed by atoms with van der Waals surface area (Å²) in [6.07, 6.45) is 9.19. The number of halogens is 3. The topological polar surface area (TPSA) is 9.23 Å². The molecule has 0 bridgehead atoms. The van der Waals surface area contributed by atoms with Crippen molar-refractivity contribution in [3.8, 4) is 5.75 Å². The van der Waals surface area contributed by atoms with Crippen molar-refractivity contribution in [2.24, 2.45) is 5.92 Å². The lowest BCUT2D eigenvalue weighted by atomic mass is 9.93. The molecular weight excluding hydrogens is 389 g/mol. The summed E-state index contributed by atoms with van der Waals surface area (Å²) in [5.74, 6) is 1.38. The largest absolute Gasteiger partial charge is 0.573 e. The molecule has 0 atom stereocenters. The molecule has 2 fully saturated rings. The van der Waals surface area contributed by atoms with Gasteiger partial charge in [-0.2, -0.15) is 0 Å². The monoisotopic (exact) mass is 426 g/mol. The number of benzene rings is 1. The first-order valence-electron chi connectivity index (χ1n) is 11.7. The zero-order valence-corrected chi connectivity index (χ0v) is 18.9. The van der Waals surface area contributed by atoms with Gasteiger partial charge in [0.25, 0.3) is 0 Å². The summed E-state index contributed by atoms with van der Waals surface area (Å²) in [6.45, 7) is 2.28. The average Bonchev–Trinajstić information content (AvgIpc) is 2.70. The van der Waals surface area contributed by atoms with E-state index in [1.54, 1.807) is 0 Å². The van der Waals surface area contributed by atoms with Gasteiger partial charge in [0.2, 0.25) is 0 Å². The van der Waals surface area contributed by atoms with E-state index in [1.165, 1.54) is 106 Å². The fraction of sp³-hybridized carbons (Fsp3) is 0.750. The summed E-state index contributed by atoms with van der Waals surface area (Å²) in [4.78, 5) is 0. The molecule has 0 unspecified atom stereocenters. The Bertz CT molecular complexity index is 596. The second kappa shape index (κ2) is 10.4. The zero-order chi connectivity index (χ0) is 20.7. The van der Waals surface area contributed by atoms with E-state index in [1.807, 2.05) is 12.1 Å². The molecule has 164 valence electrons. The second-order valence-electron chi connectivity index (χ2n) is 9.54. The first-order valence-corrected chi connectivity index (χ1v) is 14.6. The third-order valence-electron chi connectivity index (χ3n) is 7.51. The standard InChI is InChI=1S/C24H37F3OSi/c1-2-3-4-5-6-7-20-12-16-29(17-13-20)18-14-22(15-19-29)21-8-10-23(11-9-21)28-24(25,26)27/h8-11,20,22H,2-7,12-19H2,1H3. The van der Waals surface area contributed by atoms with Crippen molar-refractivity contribution in [2.45, 2.75) is 108 Å². The summed E-state index contributed by atoms with van der Waals surface area (Å²) < 4.78 is 41.0. The van der Waals surface area contributed by atoms with Crippen LogP contribution in [-0.2, 0) is 0 Å². The summed E-state index contributed by atoms with van der Waals surface area (Å²) >= 11 is 0. The van der Waals surface area contributed by atoms with Gasteiger partial charge < -0.3 is 4.74 Å². The van der Waals surface area contributed by atoms with Gasteiger partial charge in [-0.1, -0.05) is 94.6 Å². The number of alkyl halides is 3. The molecule has 3 rings (SSSR count). The van der Waals surface area contributed by atoms with Crippen molar-refractivity contribution >= 4 is 8.07 Å². The van der Waals surface area contributed by atoms with Gasteiger partial charge in [-0.15, -0.1) is 13.2 Å². The number of hydrogen-bond donors (Lipinski definition) is 0. The van der Waals surface area contributed by atoms with Crippen LogP contribution in [0.3, 0.4) is 0 Å². The molecule has 2 aliphatic rings. The van der Waals surface area contributed by atoms with E-state index < -0.39 is 14.4 Å². The third-order valence-corrected chi connectivity index (χ3v) is 12.9. The quantitative estimate of drug-likeness (QED) is 0.298. The SMILES string of the molecule is CCCCCCCC1CC[Si]2(CC1)CCC(c1ccc(OC(F)(F)F)cc1)CC2. The maximum atomic E-state index is 12.3. The van der Waals surface area contributed by atoms with Gasteiger partial charge in [0.1, 0.15) is 5.75 Å². The number of ether oxygens (including phenoxy) is 1. The molecule has 2 heterocycles. The fourth-order valence-corrected chi connectivity index (χ4v) is 11.1. The van der Waals surface area contributed by atoms with Crippen molar-refractivity contribution in [3.63, 3.8) is 0 Å². The van der Waals surface area contributed by atoms with Gasteiger partial charge in [-0.25, -0.2) is 0 Å². The lowest BCUT2D eigenvalue weighted by Gasteiger charge is -2.43. The minimum Gasteiger partial charge on any atom is -0.406 e. The molecule has 0 aliphatic carbocycles. The van der Waals surface area contributed by atoms with Gasteiger partial charge in [-0.05, 0) is 42.4 Å². The first-order chi connectivity index (χ1) is 13.9. The summed E-state index contributed by atoms with van der Waals surface area (Å²) in [5.41, 5.74) is 1.18. The first kappa shape index (κ1) is 22.7. The average molecular weight is 427 g/mol. The number of unbranched alkanes of at least 4 members (excludes halogenated alkanes) is 4. The van der Waals surface area contributed by atoms with Gasteiger partial charge in [0.15, 0.2) is 0 Å². The van der Waals surface area contributed by atoms with E-state index in [9.17, 15) is 13.2 Å².